The van der Waals surface area contributed by atoms with Crippen molar-refractivity contribution in [1.82, 2.24) is 9.55 Å². The molecule has 0 spiro atoms. The van der Waals surface area contributed by atoms with Gasteiger partial charge in [0.25, 0.3) is 0 Å². The van der Waals surface area contributed by atoms with Crippen LogP contribution in [0.2, 0.25) is 0 Å². The minimum atomic E-state index is -1.96. The van der Waals surface area contributed by atoms with Crippen LogP contribution in [-0.2, 0) is 9.47 Å². The molecule has 106 valence electrons. The number of halogens is 1. The fourth-order valence-corrected chi connectivity index (χ4v) is 1.93. The van der Waals surface area contributed by atoms with Gasteiger partial charge in [-0.3, -0.25) is 4.57 Å². The number of aliphatic hydroxyl groups excluding tert-OH is 2. The normalized spacial score (nSPS) is 34.6. The lowest BCUT2D eigenvalue weighted by Gasteiger charge is -2.27. The maximum Gasteiger partial charge on any atom is 0.351 e. The number of rotatable bonds is 3. The van der Waals surface area contributed by atoms with E-state index in [0.717, 1.165) is 11.7 Å². The number of nitrogens with zero attached hydrogens (tertiary/aromatic N) is 2. The number of anilines is 1. The van der Waals surface area contributed by atoms with Crippen LogP contribution in [0.25, 0.3) is 0 Å². The van der Waals surface area contributed by atoms with Crippen LogP contribution in [-0.4, -0.2) is 51.5 Å². The number of ether oxygens (including phenoxy) is 2. The first-order valence-electron chi connectivity index (χ1n) is 5.46. The fraction of sp³-hybridized carbons (Fsp3) is 0.600. The van der Waals surface area contributed by atoms with E-state index in [1.807, 2.05) is 0 Å². The monoisotopic (exact) mass is 275 g/mol. The van der Waals surface area contributed by atoms with E-state index < -0.39 is 36.6 Å². The minimum Gasteiger partial charge on any atom is -0.391 e. The van der Waals surface area contributed by atoms with Crippen LogP contribution in [0.4, 0.5) is 10.2 Å². The molecule has 0 amide bonds. The van der Waals surface area contributed by atoms with Crippen LogP contribution in [0.3, 0.4) is 0 Å². The highest BCUT2D eigenvalue weighted by molar-refractivity contribution is 5.23. The smallest absolute Gasteiger partial charge is 0.351 e. The van der Waals surface area contributed by atoms with E-state index in [-0.39, 0.29) is 5.82 Å². The lowest BCUT2D eigenvalue weighted by molar-refractivity contribution is -0.269. The summed E-state index contributed by atoms with van der Waals surface area (Å²) in [4.78, 5) is 15.0. The largest absolute Gasteiger partial charge is 0.391 e. The number of hydrogen-bond acceptors (Lipinski definition) is 7. The number of hydrogen-bond donors (Lipinski definition) is 3. The van der Waals surface area contributed by atoms with E-state index in [9.17, 15) is 19.4 Å². The van der Waals surface area contributed by atoms with E-state index in [4.69, 9.17) is 15.2 Å². The molecule has 1 fully saturated rings. The minimum absolute atomic E-state index is 0.0182. The van der Waals surface area contributed by atoms with E-state index in [1.165, 1.54) is 12.3 Å². The van der Waals surface area contributed by atoms with Crippen molar-refractivity contribution in [3.63, 3.8) is 0 Å². The Balaban J connectivity index is 2.39. The predicted octanol–water partition coefficient (Wildman–Crippen LogP) is -1.61. The molecule has 2 heterocycles. The molecule has 19 heavy (non-hydrogen) atoms. The van der Waals surface area contributed by atoms with Crippen LogP contribution >= 0.6 is 0 Å². The molecule has 1 saturated heterocycles. The van der Waals surface area contributed by atoms with Crippen molar-refractivity contribution in [3.8, 4) is 0 Å². The van der Waals surface area contributed by atoms with Crippen molar-refractivity contribution in [2.24, 2.45) is 0 Å². The zero-order valence-electron chi connectivity index (χ0n) is 10.1. The molecular weight excluding hydrogens is 261 g/mol. The average molecular weight is 275 g/mol. The molecule has 9 heteroatoms. The van der Waals surface area contributed by atoms with Gasteiger partial charge in [0.2, 0.25) is 5.79 Å². The van der Waals surface area contributed by atoms with Gasteiger partial charge in [0.05, 0.1) is 0 Å². The van der Waals surface area contributed by atoms with Gasteiger partial charge in [0.1, 0.15) is 18.5 Å². The number of aliphatic hydroxyl groups is 2. The Kier molecular flexibility index (Phi) is 3.54. The first-order valence-corrected chi connectivity index (χ1v) is 5.46. The van der Waals surface area contributed by atoms with Crippen LogP contribution < -0.4 is 11.4 Å². The molecule has 1 aliphatic heterocycles. The van der Waals surface area contributed by atoms with Crippen LogP contribution in [0.5, 0.6) is 0 Å². The first kappa shape index (κ1) is 13.9. The summed E-state index contributed by atoms with van der Waals surface area (Å²) in [5.41, 5.74) is 4.49. The van der Waals surface area contributed by atoms with Crippen molar-refractivity contribution in [3.05, 3.63) is 22.7 Å². The van der Waals surface area contributed by atoms with Gasteiger partial charge in [0, 0.05) is 13.3 Å². The van der Waals surface area contributed by atoms with Crippen molar-refractivity contribution < 1.29 is 24.1 Å². The van der Waals surface area contributed by atoms with Crippen LogP contribution in [0, 0.1) is 0 Å². The highest BCUT2D eigenvalue weighted by Crippen LogP contribution is 2.38. The zero-order valence-corrected chi connectivity index (χ0v) is 10.1. The third-order valence-electron chi connectivity index (χ3n) is 3.04. The van der Waals surface area contributed by atoms with Gasteiger partial charge in [-0.15, -0.1) is 0 Å². The van der Waals surface area contributed by atoms with Crippen LogP contribution in [0.1, 0.15) is 6.23 Å². The maximum absolute atomic E-state index is 14.0. The molecule has 0 radical (unpaired) electrons. The topological polar surface area (TPSA) is 120 Å². The number of nitrogens with two attached hydrogens (primary N) is 1. The van der Waals surface area contributed by atoms with E-state index in [0.29, 0.717) is 0 Å². The standard InChI is InChI=1S/C10H14FN3O5/c1-18-10(4-15)7(16)6(11)8(19-10)14-3-2-5(12)13-9(14)17/h2-3,6-8,15-16H,4H2,1H3,(H2,12,13,17)/t6-,7?,8+,10-/m0/s1. The van der Waals surface area contributed by atoms with Gasteiger partial charge >= 0.3 is 5.69 Å². The molecule has 0 aliphatic carbocycles. The van der Waals surface area contributed by atoms with Crippen LogP contribution in [0.15, 0.2) is 17.1 Å². The van der Waals surface area contributed by atoms with Gasteiger partial charge in [0.15, 0.2) is 12.4 Å². The molecule has 1 aliphatic rings. The lowest BCUT2D eigenvalue weighted by Crippen LogP contribution is -2.47. The summed E-state index contributed by atoms with van der Waals surface area (Å²) in [5, 5.41) is 18.9. The summed E-state index contributed by atoms with van der Waals surface area (Å²) in [7, 11) is 1.15. The van der Waals surface area contributed by atoms with Crippen molar-refractivity contribution in [2.45, 2.75) is 24.3 Å². The Morgan fingerprint density at radius 2 is 2.42 bits per heavy atom. The Labute approximate surface area is 107 Å². The highest BCUT2D eigenvalue weighted by Gasteiger charge is 2.56. The summed E-state index contributed by atoms with van der Waals surface area (Å²) < 4.78 is 24.9. The highest BCUT2D eigenvalue weighted by atomic mass is 19.1. The summed E-state index contributed by atoms with van der Waals surface area (Å²) in [6.45, 7) is -0.765. The maximum atomic E-state index is 14.0. The number of alkyl halides is 1. The second-order valence-electron chi connectivity index (χ2n) is 4.11. The summed E-state index contributed by atoms with van der Waals surface area (Å²) in [6.07, 6.45) is -3.97. The molecule has 1 aromatic rings. The molecule has 1 aromatic heterocycles. The van der Waals surface area contributed by atoms with Crippen molar-refractivity contribution >= 4 is 5.82 Å². The lowest BCUT2D eigenvalue weighted by atomic mass is 10.1. The van der Waals surface area contributed by atoms with E-state index in [2.05, 4.69) is 4.98 Å². The predicted molar refractivity (Wildman–Crippen MR) is 60.8 cm³/mol. The van der Waals surface area contributed by atoms with E-state index in [1.54, 1.807) is 0 Å². The Hall–Kier alpha value is -1.55. The number of nitrogen functional groups attached to an aromatic ring is 1. The fourth-order valence-electron chi connectivity index (χ4n) is 1.93. The van der Waals surface area contributed by atoms with Gasteiger partial charge in [-0.1, -0.05) is 0 Å². The molecule has 1 unspecified atom stereocenters. The Morgan fingerprint density at radius 3 is 2.89 bits per heavy atom. The number of aromatic nitrogens is 2. The first-order chi connectivity index (χ1) is 8.95. The molecule has 4 atom stereocenters. The summed E-state index contributed by atoms with van der Waals surface area (Å²) in [5.74, 6) is -1.93. The van der Waals surface area contributed by atoms with Gasteiger partial charge < -0.3 is 25.4 Å². The molecule has 4 N–H and O–H groups in total. The third kappa shape index (κ3) is 2.10. The van der Waals surface area contributed by atoms with Gasteiger partial charge in [-0.2, -0.15) is 4.98 Å². The third-order valence-corrected chi connectivity index (χ3v) is 3.04. The Bertz CT molecular complexity index is 518. The zero-order chi connectivity index (χ0) is 14.2. The molecule has 0 saturated carbocycles. The molecular formula is C10H14FN3O5. The summed E-state index contributed by atoms with van der Waals surface area (Å²) >= 11 is 0. The van der Waals surface area contributed by atoms with Gasteiger partial charge in [-0.25, -0.2) is 9.18 Å². The van der Waals surface area contributed by atoms with Gasteiger partial charge in [-0.05, 0) is 6.07 Å². The summed E-state index contributed by atoms with van der Waals surface area (Å²) in [6, 6.07) is 1.29. The quantitative estimate of drug-likeness (QED) is 0.607. The number of methoxy groups -OCH3 is 1. The molecule has 2 rings (SSSR count). The second-order valence-corrected chi connectivity index (χ2v) is 4.11. The molecule has 8 nitrogen and oxygen atoms in total. The van der Waals surface area contributed by atoms with E-state index >= 15 is 0 Å². The van der Waals surface area contributed by atoms with Crippen molar-refractivity contribution in [2.75, 3.05) is 19.5 Å². The second kappa shape index (κ2) is 4.85. The molecule has 0 bridgehead atoms. The molecule has 0 aromatic carbocycles. The van der Waals surface area contributed by atoms with Crippen molar-refractivity contribution in [1.29, 1.82) is 0 Å². The average Bonchev–Trinajstić information content (AvgIpc) is 2.64. The Morgan fingerprint density at radius 1 is 1.74 bits per heavy atom. The SMILES string of the molecule is CO[C@@]1(CO)O[C@@H](n2ccc(N)nc2=O)[C@@H](F)C1O.